The Morgan fingerprint density at radius 1 is 1.18 bits per heavy atom. The number of nitrogens with one attached hydrogen (secondary N) is 1. The normalized spacial score (nSPS) is 10.9. The van der Waals surface area contributed by atoms with Crippen LogP contribution in [0.2, 0.25) is 0 Å². The number of aromatic nitrogens is 3. The predicted octanol–water partition coefficient (Wildman–Crippen LogP) is 1.69. The lowest BCUT2D eigenvalue weighted by Crippen LogP contribution is -2.04. The predicted molar refractivity (Wildman–Crippen MR) is 67.0 cm³/mol. The van der Waals surface area contributed by atoms with Gasteiger partial charge in [-0.25, -0.2) is 9.50 Å². The maximum atomic E-state index is 8.65. The van der Waals surface area contributed by atoms with E-state index in [0.29, 0.717) is 6.61 Å². The molecule has 0 atom stereocenters. The standard InChI is InChI=1S/C12H18N4O/c17-10-4-2-1-3-7-13-11-6-9-16-12(15-11)5-8-14-16/h5-6,8-9,17H,1-4,7,10H2,(H,13,15). The zero-order valence-electron chi connectivity index (χ0n) is 9.84. The Hall–Kier alpha value is -1.62. The molecule has 5 heteroatoms. The molecule has 2 heterocycles. The highest BCUT2D eigenvalue weighted by Gasteiger charge is 1.97. The lowest BCUT2D eigenvalue weighted by Gasteiger charge is -2.05. The molecule has 2 aromatic heterocycles. The molecule has 0 aliphatic rings. The van der Waals surface area contributed by atoms with Crippen LogP contribution in [0, 0.1) is 0 Å². The molecule has 0 bridgehead atoms. The summed E-state index contributed by atoms with van der Waals surface area (Å²) in [4.78, 5) is 4.42. The van der Waals surface area contributed by atoms with E-state index in [4.69, 9.17) is 5.11 Å². The highest BCUT2D eigenvalue weighted by molar-refractivity contribution is 5.45. The van der Waals surface area contributed by atoms with Crippen molar-refractivity contribution in [3.63, 3.8) is 0 Å². The fraction of sp³-hybridized carbons (Fsp3) is 0.500. The number of hydrogen-bond acceptors (Lipinski definition) is 4. The van der Waals surface area contributed by atoms with Crippen LogP contribution < -0.4 is 5.32 Å². The second-order valence-electron chi connectivity index (χ2n) is 4.01. The molecule has 17 heavy (non-hydrogen) atoms. The molecule has 0 spiro atoms. The van der Waals surface area contributed by atoms with E-state index in [9.17, 15) is 0 Å². The minimum atomic E-state index is 0.298. The Labute approximate surface area is 100 Å². The van der Waals surface area contributed by atoms with Crippen molar-refractivity contribution in [3.05, 3.63) is 24.5 Å². The largest absolute Gasteiger partial charge is 0.396 e. The monoisotopic (exact) mass is 234 g/mol. The molecule has 0 aromatic carbocycles. The number of rotatable bonds is 7. The summed E-state index contributed by atoms with van der Waals surface area (Å²) in [5.41, 5.74) is 0.857. The summed E-state index contributed by atoms with van der Waals surface area (Å²) in [6, 6.07) is 3.81. The highest BCUT2D eigenvalue weighted by atomic mass is 16.2. The molecule has 5 nitrogen and oxygen atoms in total. The van der Waals surface area contributed by atoms with E-state index in [1.165, 1.54) is 0 Å². The Kier molecular flexibility index (Phi) is 4.32. The van der Waals surface area contributed by atoms with Crippen LogP contribution in [-0.2, 0) is 0 Å². The van der Waals surface area contributed by atoms with Gasteiger partial charge in [0.2, 0.25) is 0 Å². The molecule has 2 N–H and O–H groups in total. The highest BCUT2D eigenvalue weighted by Crippen LogP contribution is 2.06. The molecular weight excluding hydrogens is 216 g/mol. The summed E-state index contributed by atoms with van der Waals surface area (Å²) >= 11 is 0. The van der Waals surface area contributed by atoms with Crippen LogP contribution in [0.1, 0.15) is 25.7 Å². The third kappa shape index (κ3) is 3.42. The fourth-order valence-electron chi connectivity index (χ4n) is 1.72. The first-order valence-corrected chi connectivity index (χ1v) is 6.05. The fourth-order valence-corrected chi connectivity index (χ4v) is 1.72. The zero-order valence-corrected chi connectivity index (χ0v) is 9.84. The Morgan fingerprint density at radius 3 is 2.94 bits per heavy atom. The molecule has 0 saturated heterocycles. The van der Waals surface area contributed by atoms with Crippen molar-refractivity contribution in [2.24, 2.45) is 0 Å². The van der Waals surface area contributed by atoms with Gasteiger partial charge in [-0.1, -0.05) is 12.8 Å². The van der Waals surface area contributed by atoms with Crippen molar-refractivity contribution in [1.29, 1.82) is 0 Å². The number of unbranched alkanes of at least 4 members (excludes halogenated alkanes) is 3. The average molecular weight is 234 g/mol. The molecule has 0 aliphatic heterocycles. The first-order chi connectivity index (χ1) is 8.40. The van der Waals surface area contributed by atoms with Gasteiger partial charge in [-0.15, -0.1) is 0 Å². The molecule has 92 valence electrons. The van der Waals surface area contributed by atoms with Gasteiger partial charge in [0, 0.05) is 25.4 Å². The van der Waals surface area contributed by atoms with Gasteiger partial charge >= 0.3 is 0 Å². The van der Waals surface area contributed by atoms with Gasteiger partial charge < -0.3 is 10.4 Å². The van der Waals surface area contributed by atoms with Crippen molar-refractivity contribution in [1.82, 2.24) is 14.6 Å². The first kappa shape index (κ1) is 11.9. The van der Waals surface area contributed by atoms with Crippen LogP contribution in [0.25, 0.3) is 5.65 Å². The molecule has 0 amide bonds. The molecule has 2 aromatic rings. The van der Waals surface area contributed by atoms with Crippen LogP contribution in [-0.4, -0.2) is 32.9 Å². The summed E-state index contributed by atoms with van der Waals surface area (Å²) in [5.74, 6) is 0.889. The maximum absolute atomic E-state index is 8.65. The second-order valence-corrected chi connectivity index (χ2v) is 4.01. The van der Waals surface area contributed by atoms with Gasteiger partial charge in [0.15, 0.2) is 5.65 Å². The van der Waals surface area contributed by atoms with Gasteiger partial charge in [0.05, 0.1) is 6.20 Å². The number of fused-ring (bicyclic) bond motifs is 1. The van der Waals surface area contributed by atoms with E-state index < -0.39 is 0 Å². The summed E-state index contributed by atoms with van der Waals surface area (Å²) in [7, 11) is 0. The minimum absolute atomic E-state index is 0.298. The molecule has 2 rings (SSSR count). The van der Waals surface area contributed by atoms with Crippen molar-refractivity contribution in [2.75, 3.05) is 18.5 Å². The number of aliphatic hydroxyl groups is 1. The Balaban J connectivity index is 1.75. The Bertz CT molecular complexity index is 454. The maximum Gasteiger partial charge on any atom is 0.157 e. The van der Waals surface area contributed by atoms with Gasteiger partial charge in [-0.3, -0.25) is 0 Å². The number of nitrogens with zero attached hydrogens (tertiary/aromatic N) is 3. The van der Waals surface area contributed by atoms with Crippen molar-refractivity contribution in [3.8, 4) is 0 Å². The van der Waals surface area contributed by atoms with Crippen molar-refractivity contribution < 1.29 is 5.11 Å². The third-order valence-corrected chi connectivity index (χ3v) is 2.65. The summed E-state index contributed by atoms with van der Waals surface area (Å²) in [6.07, 6.45) is 7.87. The average Bonchev–Trinajstić information content (AvgIpc) is 2.81. The van der Waals surface area contributed by atoms with Crippen LogP contribution in [0.3, 0.4) is 0 Å². The quantitative estimate of drug-likeness (QED) is 0.716. The Morgan fingerprint density at radius 2 is 2.06 bits per heavy atom. The van der Waals surface area contributed by atoms with Crippen LogP contribution in [0.5, 0.6) is 0 Å². The topological polar surface area (TPSA) is 62.5 Å². The van der Waals surface area contributed by atoms with Crippen molar-refractivity contribution >= 4 is 11.5 Å². The van der Waals surface area contributed by atoms with E-state index in [-0.39, 0.29) is 0 Å². The molecule has 0 unspecified atom stereocenters. The van der Waals surface area contributed by atoms with E-state index in [1.807, 2.05) is 18.3 Å². The second kappa shape index (κ2) is 6.20. The van der Waals surface area contributed by atoms with Crippen molar-refractivity contribution in [2.45, 2.75) is 25.7 Å². The molecule has 0 saturated carbocycles. The van der Waals surface area contributed by atoms with Crippen LogP contribution >= 0.6 is 0 Å². The molecule has 0 aliphatic carbocycles. The number of anilines is 1. The number of hydrogen-bond donors (Lipinski definition) is 2. The summed E-state index contributed by atoms with van der Waals surface area (Å²) < 4.78 is 1.74. The molecule has 0 radical (unpaired) electrons. The summed E-state index contributed by atoms with van der Waals surface area (Å²) in [5, 5.41) is 16.0. The van der Waals surface area contributed by atoms with Gasteiger partial charge in [-0.2, -0.15) is 5.10 Å². The number of aliphatic hydroxyl groups excluding tert-OH is 1. The first-order valence-electron chi connectivity index (χ1n) is 6.05. The van der Waals surface area contributed by atoms with Crippen LogP contribution in [0.4, 0.5) is 5.82 Å². The zero-order chi connectivity index (χ0) is 11.9. The van der Waals surface area contributed by atoms with E-state index in [0.717, 1.165) is 43.7 Å². The molecular formula is C12H18N4O. The molecule has 0 fully saturated rings. The van der Waals surface area contributed by atoms with E-state index in [2.05, 4.69) is 15.4 Å². The van der Waals surface area contributed by atoms with E-state index in [1.54, 1.807) is 10.7 Å². The van der Waals surface area contributed by atoms with E-state index >= 15 is 0 Å². The van der Waals surface area contributed by atoms with Gasteiger partial charge in [0.1, 0.15) is 5.82 Å². The third-order valence-electron chi connectivity index (χ3n) is 2.65. The van der Waals surface area contributed by atoms with Gasteiger partial charge in [0.25, 0.3) is 0 Å². The SMILES string of the molecule is OCCCCCCNc1ccn2nccc2n1. The van der Waals surface area contributed by atoms with Crippen LogP contribution in [0.15, 0.2) is 24.5 Å². The van der Waals surface area contributed by atoms with Gasteiger partial charge in [-0.05, 0) is 18.9 Å². The lowest BCUT2D eigenvalue weighted by atomic mass is 10.2. The lowest BCUT2D eigenvalue weighted by molar-refractivity contribution is 0.283. The summed E-state index contributed by atoms with van der Waals surface area (Å²) in [6.45, 7) is 1.22. The smallest absolute Gasteiger partial charge is 0.157 e. The minimum Gasteiger partial charge on any atom is -0.396 e.